The van der Waals surface area contributed by atoms with Gasteiger partial charge in [-0.05, 0) is 25.1 Å². The van der Waals surface area contributed by atoms with Gasteiger partial charge in [-0.3, -0.25) is 4.79 Å². The maximum Gasteiger partial charge on any atom is 0.188 e. The molecule has 0 atom stereocenters. The van der Waals surface area contributed by atoms with Crippen LogP contribution in [0.15, 0.2) is 36.5 Å². The van der Waals surface area contributed by atoms with Crippen LogP contribution in [0.4, 0.5) is 0 Å². The van der Waals surface area contributed by atoms with E-state index in [2.05, 4.69) is 15.0 Å². The van der Waals surface area contributed by atoms with Crippen molar-refractivity contribution < 1.29 is 4.79 Å². The van der Waals surface area contributed by atoms with Gasteiger partial charge in [0, 0.05) is 13.2 Å². The molecule has 0 saturated heterocycles. The van der Waals surface area contributed by atoms with E-state index in [-0.39, 0.29) is 12.2 Å². The van der Waals surface area contributed by atoms with E-state index in [9.17, 15) is 4.79 Å². The molecule has 2 heterocycles. The van der Waals surface area contributed by atoms with E-state index in [0.29, 0.717) is 11.5 Å². The van der Waals surface area contributed by atoms with Crippen molar-refractivity contribution in [3.8, 4) is 0 Å². The molecule has 0 saturated carbocycles. The maximum absolute atomic E-state index is 12.3. The van der Waals surface area contributed by atoms with Crippen molar-refractivity contribution >= 4 is 16.8 Å². The first kappa shape index (κ1) is 12.5. The highest BCUT2D eigenvalue weighted by molar-refractivity contribution is 5.95. The number of carbonyl (C=O) groups excluding carboxylic acids is 1. The number of nitrogens with zero attached hydrogens (tertiary/aromatic N) is 4. The smallest absolute Gasteiger partial charge is 0.188 e. The van der Waals surface area contributed by atoms with E-state index in [4.69, 9.17) is 0 Å². The van der Waals surface area contributed by atoms with Gasteiger partial charge in [-0.25, -0.2) is 15.0 Å². The van der Waals surface area contributed by atoms with Crippen molar-refractivity contribution in [3.63, 3.8) is 0 Å². The highest BCUT2D eigenvalue weighted by Gasteiger charge is 2.14. The van der Waals surface area contributed by atoms with Crippen molar-refractivity contribution in [2.75, 3.05) is 0 Å². The summed E-state index contributed by atoms with van der Waals surface area (Å²) in [5, 5.41) is 0. The number of Topliss-reactive ketones (excluding diaryl/α,β-unsaturated/α-hetero) is 1. The Morgan fingerprint density at radius 3 is 2.75 bits per heavy atom. The molecular formula is C15H14N4O. The summed E-state index contributed by atoms with van der Waals surface area (Å²) in [4.78, 5) is 24.9. The van der Waals surface area contributed by atoms with Gasteiger partial charge in [-0.2, -0.15) is 0 Å². The number of hydrogen-bond acceptors (Lipinski definition) is 4. The van der Waals surface area contributed by atoms with Crippen LogP contribution >= 0.6 is 0 Å². The first-order valence-corrected chi connectivity index (χ1v) is 6.38. The molecule has 20 heavy (non-hydrogen) atoms. The predicted molar refractivity (Wildman–Crippen MR) is 75.5 cm³/mol. The Balaban J connectivity index is 1.93. The average molecular weight is 266 g/mol. The lowest BCUT2D eigenvalue weighted by Gasteiger charge is -2.02. The molecule has 0 N–H and O–H groups in total. The molecule has 5 nitrogen and oxygen atoms in total. The van der Waals surface area contributed by atoms with Gasteiger partial charge in [-0.15, -0.1) is 0 Å². The Labute approximate surface area is 116 Å². The van der Waals surface area contributed by atoms with Crippen LogP contribution in [0.2, 0.25) is 0 Å². The highest BCUT2D eigenvalue weighted by Crippen LogP contribution is 2.15. The van der Waals surface area contributed by atoms with Gasteiger partial charge in [-0.1, -0.05) is 12.1 Å². The van der Waals surface area contributed by atoms with Gasteiger partial charge in [0.05, 0.1) is 17.5 Å². The standard InChI is InChI=1S/C15H14N4O/c1-10-16-8-7-12(17-10)14(20)9-15-18-11-5-3-4-6-13(11)19(15)2/h3-8H,9H2,1-2H3. The number of aryl methyl sites for hydroxylation is 2. The third-order valence-corrected chi connectivity index (χ3v) is 3.26. The molecule has 3 rings (SSSR count). The Morgan fingerprint density at radius 1 is 1.20 bits per heavy atom. The zero-order valence-electron chi connectivity index (χ0n) is 11.4. The molecule has 0 fully saturated rings. The van der Waals surface area contributed by atoms with Crippen molar-refractivity contribution in [1.29, 1.82) is 0 Å². The minimum Gasteiger partial charge on any atom is -0.331 e. The van der Waals surface area contributed by atoms with Gasteiger partial charge in [0.2, 0.25) is 0 Å². The molecule has 0 aliphatic rings. The van der Waals surface area contributed by atoms with E-state index < -0.39 is 0 Å². The minimum atomic E-state index is -0.0473. The zero-order valence-corrected chi connectivity index (χ0v) is 11.4. The molecule has 1 aromatic carbocycles. The molecule has 0 radical (unpaired) electrons. The Hall–Kier alpha value is -2.56. The number of benzene rings is 1. The van der Waals surface area contributed by atoms with Crippen LogP contribution in [0.25, 0.3) is 11.0 Å². The number of fused-ring (bicyclic) bond motifs is 1. The van der Waals surface area contributed by atoms with Gasteiger partial charge < -0.3 is 4.57 Å². The van der Waals surface area contributed by atoms with E-state index in [1.54, 1.807) is 19.2 Å². The molecule has 0 amide bonds. The molecular weight excluding hydrogens is 252 g/mol. The molecule has 0 bridgehead atoms. The van der Waals surface area contributed by atoms with Crippen LogP contribution in [0.5, 0.6) is 0 Å². The number of hydrogen-bond donors (Lipinski definition) is 0. The van der Waals surface area contributed by atoms with Crippen LogP contribution in [0, 0.1) is 6.92 Å². The van der Waals surface area contributed by atoms with Gasteiger partial charge in [0.15, 0.2) is 5.78 Å². The summed E-state index contributed by atoms with van der Waals surface area (Å²) in [5.74, 6) is 1.29. The third-order valence-electron chi connectivity index (χ3n) is 3.26. The lowest BCUT2D eigenvalue weighted by molar-refractivity contribution is 0.0985. The summed E-state index contributed by atoms with van der Waals surface area (Å²) in [6.45, 7) is 1.77. The lowest BCUT2D eigenvalue weighted by Crippen LogP contribution is -2.10. The molecule has 0 aliphatic carbocycles. The van der Waals surface area contributed by atoms with E-state index in [1.807, 2.05) is 35.9 Å². The molecule has 2 aromatic heterocycles. The molecule has 3 aromatic rings. The van der Waals surface area contributed by atoms with E-state index >= 15 is 0 Å². The Kier molecular flexibility index (Phi) is 3.02. The van der Waals surface area contributed by atoms with E-state index in [0.717, 1.165) is 16.9 Å². The fourth-order valence-corrected chi connectivity index (χ4v) is 2.20. The average Bonchev–Trinajstić information content (AvgIpc) is 2.76. The second-order valence-electron chi connectivity index (χ2n) is 4.66. The minimum absolute atomic E-state index is 0.0473. The monoisotopic (exact) mass is 266 g/mol. The zero-order chi connectivity index (χ0) is 14.1. The van der Waals surface area contributed by atoms with Crippen LogP contribution in [0.3, 0.4) is 0 Å². The second-order valence-corrected chi connectivity index (χ2v) is 4.66. The van der Waals surface area contributed by atoms with Crippen LogP contribution in [-0.2, 0) is 13.5 Å². The number of imidazole rings is 1. The topological polar surface area (TPSA) is 60.7 Å². The highest BCUT2D eigenvalue weighted by atomic mass is 16.1. The van der Waals surface area contributed by atoms with Crippen molar-refractivity contribution in [3.05, 3.63) is 53.9 Å². The van der Waals surface area contributed by atoms with Crippen molar-refractivity contribution in [2.24, 2.45) is 7.05 Å². The number of rotatable bonds is 3. The van der Waals surface area contributed by atoms with Gasteiger partial charge in [0.25, 0.3) is 0 Å². The number of para-hydroxylation sites is 2. The van der Waals surface area contributed by atoms with Crippen molar-refractivity contribution in [1.82, 2.24) is 19.5 Å². The van der Waals surface area contributed by atoms with Crippen LogP contribution < -0.4 is 0 Å². The number of ketones is 1. The van der Waals surface area contributed by atoms with Gasteiger partial charge in [0.1, 0.15) is 17.3 Å². The summed E-state index contributed by atoms with van der Waals surface area (Å²) in [7, 11) is 1.92. The van der Waals surface area contributed by atoms with Crippen LogP contribution in [-0.4, -0.2) is 25.3 Å². The molecule has 0 aliphatic heterocycles. The molecule has 100 valence electrons. The lowest BCUT2D eigenvalue weighted by atomic mass is 10.2. The fraction of sp³-hybridized carbons (Fsp3) is 0.200. The molecule has 0 unspecified atom stereocenters. The van der Waals surface area contributed by atoms with Gasteiger partial charge >= 0.3 is 0 Å². The summed E-state index contributed by atoms with van der Waals surface area (Å²) >= 11 is 0. The Bertz CT molecular complexity index is 791. The second kappa shape index (κ2) is 4.85. The maximum atomic E-state index is 12.3. The Morgan fingerprint density at radius 2 is 2.00 bits per heavy atom. The molecule has 0 spiro atoms. The summed E-state index contributed by atoms with van der Waals surface area (Å²) in [6, 6.07) is 9.47. The fourth-order valence-electron chi connectivity index (χ4n) is 2.20. The normalized spacial score (nSPS) is 10.9. The number of carbonyl (C=O) groups is 1. The number of aromatic nitrogens is 4. The first-order chi connectivity index (χ1) is 9.65. The largest absolute Gasteiger partial charge is 0.331 e. The summed E-state index contributed by atoms with van der Waals surface area (Å²) in [6.07, 6.45) is 1.84. The first-order valence-electron chi connectivity index (χ1n) is 6.38. The summed E-state index contributed by atoms with van der Waals surface area (Å²) in [5.41, 5.74) is 2.36. The molecule has 5 heteroatoms. The van der Waals surface area contributed by atoms with E-state index in [1.165, 1.54) is 0 Å². The van der Waals surface area contributed by atoms with Crippen molar-refractivity contribution in [2.45, 2.75) is 13.3 Å². The summed E-state index contributed by atoms with van der Waals surface area (Å²) < 4.78 is 1.95. The van der Waals surface area contributed by atoms with Crippen LogP contribution in [0.1, 0.15) is 22.1 Å². The third kappa shape index (κ3) is 2.18. The quantitative estimate of drug-likeness (QED) is 0.681. The predicted octanol–water partition coefficient (Wildman–Crippen LogP) is 2.10. The SMILES string of the molecule is Cc1nccc(C(=O)Cc2nc3ccccc3n2C)n1.